The molecule has 1 aromatic carbocycles. The van der Waals surface area contributed by atoms with Crippen molar-refractivity contribution in [3.05, 3.63) is 30.3 Å². The van der Waals surface area contributed by atoms with Crippen molar-refractivity contribution in [3.63, 3.8) is 0 Å². The van der Waals surface area contributed by atoms with E-state index in [1.165, 1.54) is 17.1 Å². The monoisotopic (exact) mass is 258 g/mol. The molecule has 0 heterocycles. The molecule has 0 aliphatic heterocycles. The summed E-state index contributed by atoms with van der Waals surface area (Å²) in [6, 6.07) is 10.6. The Labute approximate surface area is 93.2 Å². The number of hydrogen-bond acceptors (Lipinski definition) is 1. The summed E-state index contributed by atoms with van der Waals surface area (Å²) in [7, 11) is 0. The molecular formula is C11H15BrS. The van der Waals surface area contributed by atoms with Crippen molar-refractivity contribution >= 4 is 27.7 Å². The van der Waals surface area contributed by atoms with Crippen molar-refractivity contribution in [3.8, 4) is 0 Å². The molecule has 1 atom stereocenters. The Bertz CT molecular complexity index is 223. The maximum absolute atomic E-state index is 3.49. The van der Waals surface area contributed by atoms with E-state index >= 15 is 0 Å². The first-order valence-corrected chi connectivity index (χ1v) is 6.67. The van der Waals surface area contributed by atoms with Crippen LogP contribution in [0.2, 0.25) is 0 Å². The van der Waals surface area contributed by atoms with Gasteiger partial charge in [-0.25, -0.2) is 0 Å². The molecule has 72 valence electrons. The van der Waals surface area contributed by atoms with Crippen LogP contribution in [-0.2, 0) is 0 Å². The van der Waals surface area contributed by atoms with Gasteiger partial charge in [0.25, 0.3) is 0 Å². The standard InChI is InChI=1S/C11H15BrS/c1-10(9-12)7-8-13-11-5-3-2-4-6-11/h2-6,10H,7-9H2,1H3. The highest BCUT2D eigenvalue weighted by molar-refractivity contribution is 9.09. The van der Waals surface area contributed by atoms with Gasteiger partial charge in [0.2, 0.25) is 0 Å². The van der Waals surface area contributed by atoms with Crippen LogP contribution in [0.1, 0.15) is 13.3 Å². The number of halogens is 1. The molecular weight excluding hydrogens is 244 g/mol. The average Bonchev–Trinajstić information content (AvgIpc) is 2.19. The molecule has 0 aliphatic rings. The highest BCUT2D eigenvalue weighted by Crippen LogP contribution is 2.20. The van der Waals surface area contributed by atoms with E-state index in [1.807, 2.05) is 11.8 Å². The second-order valence-electron chi connectivity index (χ2n) is 3.21. The quantitative estimate of drug-likeness (QED) is 0.564. The largest absolute Gasteiger partial charge is 0.126 e. The van der Waals surface area contributed by atoms with Crippen molar-refractivity contribution in [2.24, 2.45) is 5.92 Å². The summed E-state index contributed by atoms with van der Waals surface area (Å²) in [5.74, 6) is 2.01. The molecule has 0 N–H and O–H groups in total. The van der Waals surface area contributed by atoms with Crippen LogP contribution in [0.5, 0.6) is 0 Å². The van der Waals surface area contributed by atoms with Gasteiger partial charge in [-0.1, -0.05) is 41.1 Å². The number of hydrogen-bond donors (Lipinski definition) is 0. The summed E-state index contributed by atoms with van der Waals surface area (Å²) >= 11 is 5.44. The molecule has 0 bridgehead atoms. The predicted molar refractivity (Wildman–Crippen MR) is 64.7 cm³/mol. The maximum Gasteiger partial charge on any atom is 0.00719 e. The molecule has 1 aromatic rings. The number of alkyl halides is 1. The first kappa shape index (κ1) is 11.1. The van der Waals surface area contributed by atoms with Crippen LogP contribution < -0.4 is 0 Å². The van der Waals surface area contributed by atoms with Crippen molar-refractivity contribution < 1.29 is 0 Å². The van der Waals surface area contributed by atoms with Gasteiger partial charge in [0, 0.05) is 10.2 Å². The summed E-state index contributed by atoms with van der Waals surface area (Å²) in [5, 5.41) is 1.11. The van der Waals surface area contributed by atoms with Crippen LogP contribution in [0.25, 0.3) is 0 Å². The SMILES string of the molecule is CC(CBr)CCSc1ccccc1. The van der Waals surface area contributed by atoms with Gasteiger partial charge in [0.15, 0.2) is 0 Å². The Morgan fingerprint density at radius 3 is 2.62 bits per heavy atom. The van der Waals surface area contributed by atoms with E-state index in [9.17, 15) is 0 Å². The summed E-state index contributed by atoms with van der Waals surface area (Å²) in [4.78, 5) is 1.38. The van der Waals surface area contributed by atoms with E-state index in [1.54, 1.807) is 0 Å². The van der Waals surface area contributed by atoms with Crippen molar-refractivity contribution in [1.29, 1.82) is 0 Å². The van der Waals surface area contributed by atoms with E-state index < -0.39 is 0 Å². The van der Waals surface area contributed by atoms with Crippen LogP contribution in [-0.4, -0.2) is 11.1 Å². The topological polar surface area (TPSA) is 0 Å². The molecule has 0 nitrogen and oxygen atoms in total. The van der Waals surface area contributed by atoms with E-state index in [-0.39, 0.29) is 0 Å². The average molecular weight is 259 g/mol. The first-order chi connectivity index (χ1) is 6.33. The minimum absolute atomic E-state index is 0.788. The van der Waals surface area contributed by atoms with Gasteiger partial charge in [0.05, 0.1) is 0 Å². The molecule has 1 rings (SSSR count). The molecule has 0 saturated carbocycles. The minimum atomic E-state index is 0.788. The molecule has 0 radical (unpaired) electrons. The number of rotatable bonds is 5. The smallest absolute Gasteiger partial charge is 0.00719 e. The van der Waals surface area contributed by atoms with Crippen LogP contribution in [0, 0.1) is 5.92 Å². The highest BCUT2D eigenvalue weighted by atomic mass is 79.9. The third kappa shape index (κ3) is 4.72. The van der Waals surface area contributed by atoms with E-state index in [2.05, 4.69) is 53.2 Å². The van der Waals surface area contributed by atoms with Gasteiger partial charge >= 0.3 is 0 Å². The zero-order valence-corrected chi connectivity index (χ0v) is 10.3. The van der Waals surface area contributed by atoms with Gasteiger partial charge in [0.1, 0.15) is 0 Å². The Morgan fingerprint density at radius 2 is 2.00 bits per heavy atom. The van der Waals surface area contributed by atoms with E-state index in [0.717, 1.165) is 11.2 Å². The molecule has 0 saturated heterocycles. The lowest BCUT2D eigenvalue weighted by atomic mass is 10.2. The lowest BCUT2D eigenvalue weighted by Gasteiger charge is -2.06. The second kappa shape index (κ2) is 6.50. The number of benzene rings is 1. The summed E-state index contributed by atoms with van der Waals surface area (Å²) < 4.78 is 0. The van der Waals surface area contributed by atoms with Crippen molar-refractivity contribution in [2.75, 3.05) is 11.1 Å². The van der Waals surface area contributed by atoms with Gasteiger partial charge in [-0.05, 0) is 30.2 Å². The summed E-state index contributed by atoms with van der Waals surface area (Å²) in [6.45, 7) is 2.28. The normalized spacial score (nSPS) is 12.8. The highest BCUT2D eigenvalue weighted by Gasteiger charge is 1.99. The summed E-state index contributed by atoms with van der Waals surface area (Å²) in [5.41, 5.74) is 0. The fourth-order valence-corrected chi connectivity index (χ4v) is 2.40. The Morgan fingerprint density at radius 1 is 1.31 bits per heavy atom. The first-order valence-electron chi connectivity index (χ1n) is 4.56. The van der Waals surface area contributed by atoms with Gasteiger partial charge < -0.3 is 0 Å². The third-order valence-corrected chi connectivity index (χ3v) is 4.04. The Balaban J connectivity index is 2.20. The van der Waals surface area contributed by atoms with Crippen molar-refractivity contribution in [1.82, 2.24) is 0 Å². The Kier molecular flexibility index (Phi) is 5.56. The molecule has 0 spiro atoms. The molecule has 13 heavy (non-hydrogen) atoms. The molecule has 0 aliphatic carbocycles. The zero-order valence-electron chi connectivity index (χ0n) is 7.87. The maximum atomic E-state index is 3.49. The van der Waals surface area contributed by atoms with E-state index in [0.29, 0.717) is 0 Å². The molecule has 1 unspecified atom stereocenters. The lowest BCUT2D eigenvalue weighted by Crippen LogP contribution is -1.96. The van der Waals surface area contributed by atoms with Crippen molar-refractivity contribution in [2.45, 2.75) is 18.2 Å². The van der Waals surface area contributed by atoms with E-state index in [4.69, 9.17) is 0 Å². The fourth-order valence-electron chi connectivity index (χ4n) is 0.972. The molecule has 0 amide bonds. The molecule has 0 fully saturated rings. The van der Waals surface area contributed by atoms with Crippen LogP contribution >= 0.6 is 27.7 Å². The van der Waals surface area contributed by atoms with Gasteiger partial charge in [-0.2, -0.15) is 0 Å². The predicted octanol–water partition coefficient (Wildman–Crippen LogP) is 4.20. The molecule has 0 aromatic heterocycles. The Hall–Kier alpha value is 0.0500. The summed E-state index contributed by atoms with van der Waals surface area (Å²) in [6.07, 6.45) is 1.28. The zero-order chi connectivity index (χ0) is 9.52. The third-order valence-electron chi connectivity index (χ3n) is 1.89. The van der Waals surface area contributed by atoms with Crippen LogP contribution in [0.15, 0.2) is 35.2 Å². The van der Waals surface area contributed by atoms with Crippen LogP contribution in [0.4, 0.5) is 0 Å². The minimum Gasteiger partial charge on any atom is -0.126 e. The van der Waals surface area contributed by atoms with Gasteiger partial charge in [-0.15, -0.1) is 11.8 Å². The number of thioether (sulfide) groups is 1. The molecule has 2 heteroatoms. The van der Waals surface area contributed by atoms with Crippen LogP contribution in [0.3, 0.4) is 0 Å². The fraction of sp³-hybridized carbons (Fsp3) is 0.455. The second-order valence-corrected chi connectivity index (χ2v) is 5.03. The lowest BCUT2D eigenvalue weighted by molar-refractivity contribution is 0.647. The van der Waals surface area contributed by atoms with Gasteiger partial charge in [-0.3, -0.25) is 0 Å².